The molecule has 0 aromatic heterocycles. The fraction of sp³-hybridized carbons (Fsp3) is 0.458. The zero-order valence-corrected chi connectivity index (χ0v) is 16.6. The highest BCUT2D eigenvalue weighted by Crippen LogP contribution is 2.44. The molecule has 4 nitrogen and oxygen atoms in total. The summed E-state index contributed by atoms with van der Waals surface area (Å²) in [7, 11) is 1.66. The number of hydrogen-bond donors (Lipinski definition) is 1. The zero-order chi connectivity index (χ0) is 19.6. The molecule has 2 aliphatic rings. The molecule has 0 unspecified atom stereocenters. The predicted molar refractivity (Wildman–Crippen MR) is 110 cm³/mol. The lowest BCUT2D eigenvalue weighted by Crippen LogP contribution is -2.48. The van der Waals surface area contributed by atoms with Crippen molar-refractivity contribution in [1.29, 1.82) is 0 Å². The summed E-state index contributed by atoms with van der Waals surface area (Å²) in [4.78, 5) is 15.0. The van der Waals surface area contributed by atoms with Crippen LogP contribution in [0.5, 0.6) is 5.75 Å². The summed E-state index contributed by atoms with van der Waals surface area (Å²) in [5, 5.41) is 10.0. The minimum absolute atomic E-state index is 0.0746. The van der Waals surface area contributed by atoms with Gasteiger partial charge in [0.05, 0.1) is 13.7 Å². The Labute approximate surface area is 167 Å². The van der Waals surface area contributed by atoms with Crippen molar-refractivity contribution in [2.24, 2.45) is 11.3 Å². The molecule has 1 atom stereocenters. The van der Waals surface area contributed by atoms with Crippen LogP contribution in [-0.4, -0.2) is 42.7 Å². The van der Waals surface area contributed by atoms with Crippen LogP contribution in [0.1, 0.15) is 42.5 Å². The largest absolute Gasteiger partial charge is 0.497 e. The molecule has 1 aliphatic heterocycles. The van der Waals surface area contributed by atoms with Crippen molar-refractivity contribution in [3.63, 3.8) is 0 Å². The number of carbonyl (C=O) groups excluding carboxylic acids is 1. The highest BCUT2D eigenvalue weighted by molar-refractivity contribution is 5.94. The van der Waals surface area contributed by atoms with Crippen molar-refractivity contribution in [2.45, 2.75) is 32.1 Å². The average Bonchev–Trinajstić information content (AvgIpc) is 3.57. The van der Waals surface area contributed by atoms with E-state index < -0.39 is 0 Å². The second kappa shape index (κ2) is 7.96. The number of piperidine rings is 1. The van der Waals surface area contributed by atoms with E-state index in [1.165, 1.54) is 12.8 Å². The first kappa shape index (κ1) is 19.0. The van der Waals surface area contributed by atoms with Gasteiger partial charge in [-0.05, 0) is 60.6 Å². The molecular formula is C24H29NO3. The zero-order valence-electron chi connectivity index (χ0n) is 16.6. The number of likely N-dealkylation sites (tertiary alicyclic amines) is 1. The van der Waals surface area contributed by atoms with Crippen LogP contribution >= 0.6 is 0 Å². The summed E-state index contributed by atoms with van der Waals surface area (Å²) >= 11 is 0. The topological polar surface area (TPSA) is 49.8 Å². The lowest BCUT2D eigenvalue weighted by Gasteiger charge is -2.42. The molecule has 2 aromatic carbocycles. The molecule has 1 aliphatic carbocycles. The Balaban J connectivity index is 1.48. The summed E-state index contributed by atoms with van der Waals surface area (Å²) < 4.78 is 5.30. The van der Waals surface area contributed by atoms with Crippen LogP contribution in [0, 0.1) is 11.3 Å². The van der Waals surface area contributed by atoms with Gasteiger partial charge in [-0.2, -0.15) is 0 Å². The van der Waals surface area contributed by atoms with Gasteiger partial charge in [-0.15, -0.1) is 0 Å². The van der Waals surface area contributed by atoms with E-state index in [0.29, 0.717) is 12.1 Å². The van der Waals surface area contributed by atoms with Gasteiger partial charge in [0.1, 0.15) is 5.75 Å². The first-order chi connectivity index (χ1) is 13.6. The summed E-state index contributed by atoms with van der Waals surface area (Å²) in [5.41, 5.74) is 2.75. The Morgan fingerprint density at radius 2 is 1.96 bits per heavy atom. The molecular weight excluding hydrogens is 350 g/mol. The van der Waals surface area contributed by atoms with Crippen molar-refractivity contribution in [3.8, 4) is 16.9 Å². The molecule has 4 heteroatoms. The van der Waals surface area contributed by atoms with E-state index in [-0.39, 0.29) is 17.9 Å². The molecule has 0 bridgehead atoms. The highest BCUT2D eigenvalue weighted by Gasteiger charge is 2.41. The molecule has 2 fully saturated rings. The molecule has 0 spiro atoms. The number of aliphatic hydroxyl groups is 1. The Hall–Kier alpha value is -2.33. The quantitative estimate of drug-likeness (QED) is 0.810. The molecule has 1 heterocycles. The number of benzene rings is 2. The second-order valence-corrected chi connectivity index (χ2v) is 8.45. The van der Waals surface area contributed by atoms with Crippen LogP contribution in [0.3, 0.4) is 0 Å². The van der Waals surface area contributed by atoms with Gasteiger partial charge in [0.15, 0.2) is 0 Å². The van der Waals surface area contributed by atoms with Gasteiger partial charge in [0.2, 0.25) is 0 Å². The van der Waals surface area contributed by atoms with Crippen LogP contribution < -0.4 is 4.74 Å². The van der Waals surface area contributed by atoms with Gasteiger partial charge in [-0.25, -0.2) is 0 Å². The van der Waals surface area contributed by atoms with Crippen LogP contribution in [0.4, 0.5) is 0 Å². The van der Waals surface area contributed by atoms with Crippen molar-refractivity contribution in [2.75, 3.05) is 26.8 Å². The number of methoxy groups -OCH3 is 1. The van der Waals surface area contributed by atoms with E-state index in [0.717, 1.165) is 48.6 Å². The second-order valence-electron chi connectivity index (χ2n) is 8.45. The predicted octanol–water partition coefficient (Wildman–Crippen LogP) is 4.38. The standard InChI is InChI=1S/C24H29NO3/c1-28-22-5-2-4-21(14-22)19-8-10-20(11-9-19)23(27)25-13-3-12-24(16-25,17-26)15-18-6-7-18/h2,4-5,8-11,14,18,26H,3,6-7,12-13,15-17H2,1H3/t24-/m1/s1. The summed E-state index contributed by atoms with van der Waals surface area (Å²) in [6.45, 7) is 1.64. The monoisotopic (exact) mass is 379 g/mol. The summed E-state index contributed by atoms with van der Waals surface area (Å²) in [6.07, 6.45) is 5.62. The van der Waals surface area contributed by atoms with Gasteiger partial charge in [0.25, 0.3) is 5.91 Å². The molecule has 1 saturated heterocycles. The molecule has 1 amide bonds. The van der Waals surface area contributed by atoms with E-state index in [2.05, 4.69) is 0 Å². The van der Waals surface area contributed by atoms with Crippen molar-refractivity contribution in [3.05, 3.63) is 54.1 Å². The fourth-order valence-electron chi connectivity index (χ4n) is 4.47. The van der Waals surface area contributed by atoms with E-state index >= 15 is 0 Å². The van der Waals surface area contributed by atoms with Gasteiger partial charge >= 0.3 is 0 Å². The van der Waals surface area contributed by atoms with Crippen LogP contribution in [0.15, 0.2) is 48.5 Å². The molecule has 4 rings (SSSR count). The fourth-order valence-corrected chi connectivity index (χ4v) is 4.47. The van der Waals surface area contributed by atoms with Gasteiger partial charge in [-0.3, -0.25) is 4.79 Å². The number of hydrogen-bond acceptors (Lipinski definition) is 3. The third-order valence-corrected chi connectivity index (χ3v) is 6.24. The van der Waals surface area contributed by atoms with Gasteiger partial charge in [0, 0.05) is 24.1 Å². The minimum Gasteiger partial charge on any atom is -0.497 e. The Morgan fingerprint density at radius 1 is 1.18 bits per heavy atom. The Bertz CT molecular complexity index is 828. The van der Waals surface area contributed by atoms with Crippen LogP contribution in [0.2, 0.25) is 0 Å². The number of carbonyl (C=O) groups is 1. The molecule has 1 saturated carbocycles. The van der Waals surface area contributed by atoms with Gasteiger partial charge < -0.3 is 14.7 Å². The number of ether oxygens (including phenoxy) is 1. The maximum Gasteiger partial charge on any atom is 0.253 e. The van der Waals surface area contributed by atoms with Crippen LogP contribution in [0.25, 0.3) is 11.1 Å². The number of nitrogens with zero attached hydrogens (tertiary/aromatic N) is 1. The van der Waals surface area contributed by atoms with Crippen molar-refractivity contribution in [1.82, 2.24) is 4.90 Å². The summed E-state index contributed by atoms with van der Waals surface area (Å²) in [5.74, 6) is 1.65. The maximum atomic E-state index is 13.1. The lowest BCUT2D eigenvalue weighted by atomic mass is 9.76. The SMILES string of the molecule is COc1cccc(-c2ccc(C(=O)N3CCC[C@@](CO)(CC4CC4)C3)cc2)c1. The van der Waals surface area contributed by atoms with Crippen molar-refractivity contribution < 1.29 is 14.6 Å². The Morgan fingerprint density at radius 3 is 2.64 bits per heavy atom. The third kappa shape index (κ3) is 4.07. The number of rotatable bonds is 6. The highest BCUT2D eigenvalue weighted by atomic mass is 16.5. The smallest absolute Gasteiger partial charge is 0.253 e. The lowest BCUT2D eigenvalue weighted by molar-refractivity contribution is 0.0196. The average molecular weight is 380 g/mol. The maximum absolute atomic E-state index is 13.1. The van der Waals surface area contributed by atoms with Crippen LogP contribution in [-0.2, 0) is 0 Å². The van der Waals surface area contributed by atoms with Crippen molar-refractivity contribution >= 4 is 5.91 Å². The van der Waals surface area contributed by atoms with Gasteiger partial charge in [-0.1, -0.05) is 37.1 Å². The number of aliphatic hydroxyl groups excluding tert-OH is 1. The molecule has 2 aromatic rings. The van der Waals surface area contributed by atoms with E-state index in [1.54, 1.807) is 7.11 Å². The third-order valence-electron chi connectivity index (χ3n) is 6.24. The van der Waals surface area contributed by atoms with E-state index in [9.17, 15) is 9.90 Å². The Kier molecular flexibility index (Phi) is 5.40. The minimum atomic E-state index is -0.102. The van der Waals surface area contributed by atoms with E-state index in [1.807, 2.05) is 53.4 Å². The normalized spacial score (nSPS) is 22.1. The molecule has 1 N–H and O–H groups in total. The molecule has 28 heavy (non-hydrogen) atoms. The number of amides is 1. The first-order valence-corrected chi connectivity index (χ1v) is 10.3. The molecule has 0 radical (unpaired) electrons. The summed E-state index contributed by atoms with van der Waals surface area (Å²) in [6, 6.07) is 15.7. The first-order valence-electron chi connectivity index (χ1n) is 10.3. The van der Waals surface area contributed by atoms with E-state index in [4.69, 9.17) is 4.74 Å². The molecule has 148 valence electrons.